The summed E-state index contributed by atoms with van der Waals surface area (Å²) >= 11 is 0. The Labute approximate surface area is 141 Å². The Morgan fingerprint density at radius 1 is 1.28 bits per heavy atom. The van der Waals surface area contributed by atoms with E-state index in [1.54, 1.807) is 18.2 Å². The number of amides is 1. The van der Waals surface area contributed by atoms with E-state index in [1.165, 1.54) is 6.92 Å². The molecule has 1 aliphatic heterocycles. The van der Waals surface area contributed by atoms with Gasteiger partial charge in [-0.2, -0.15) is 0 Å². The molecule has 25 heavy (non-hydrogen) atoms. The second kappa shape index (κ2) is 6.63. The predicted octanol–water partition coefficient (Wildman–Crippen LogP) is 2.87. The molecule has 130 valence electrons. The molecule has 1 atom stereocenters. The number of nitrogens with one attached hydrogen (secondary N) is 1. The Balaban J connectivity index is 1.71. The van der Waals surface area contributed by atoms with Crippen LogP contribution in [0.5, 0.6) is 17.2 Å². The standard InChI is InChI=1S/C16H13FN2O6/c1-9(25-14-6-10(17)2-4-12(14)19(21)22)16(20)18-11-3-5-13-15(7-11)24-8-23-13/h2-7,9H,8H2,1H3,(H,18,20)/t9-/m1/s1. The number of fused-ring (bicyclic) bond motifs is 1. The van der Waals surface area contributed by atoms with E-state index < -0.39 is 28.4 Å². The first kappa shape index (κ1) is 16.5. The van der Waals surface area contributed by atoms with Gasteiger partial charge in [0, 0.05) is 23.9 Å². The highest BCUT2D eigenvalue weighted by molar-refractivity contribution is 5.94. The van der Waals surface area contributed by atoms with Crippen LogP contribution in [0.4, 0.5) is 15.8 Å². The van der Waals surface area contributed by atoms with Crippen LogP contribution in [0.15, 0.2) is 36.4 Å². The summed E-state index contributed by atoms with van der Waals surface area (Å²) in [5.74, 6) is -0.524. The molecule has 0 saturated heterocycles. The van der Waals surface area contributed by atoms with Gasteiger partial charge in [-0.25, -0.2) is 4.39 Å². The lowest BCUT2D eigenvalue weighted by Gasteiger charge is -2.15. The molecule has 2 aromatic carbocycles. The first-order valence-corrected chi connectivity index (χ1v) is 7.25. The third-order valence-electron chi connectivity index (χ3n) is 3.43. The molecule has 0 radical (unpaired) electrons. The number of benzene rings is 2. The maximum absolute atomic E-state index is 13.3. The van der Waals surface area contributed by atoms with Crippen molar-refractivity contribution in [1.82, 2.24) is 0 Å². The lowest BCUT2D eigenvalue weighted by Crippen LogP contribution is -2.30. The highest BCUT2D eigenvalue weighted by Crippen LogP contribution is 2.34. The third-order valence-corrected chi connectivity index (χ3v) is 3.43. The first-order valence-electron chi connectivity index (χ1n) is 7.25. The highest BCUT2D eigenvalue weighted by Gasteiger charge is 2.22. The molecule has 0 aliphatic carbocycles. The molecule has 2 aromatic rings. The zero-order chi connectivity index (χ0) is 18.0. The van der Waals surface area contributed by atoms with Crippen LogP contribution in [0, 0.1) is 15.9 Å². The van der Waals surface area contributed by atoms with Crippen molar-refractivity contribution in [1.29, 1.82) is 0 Å². The zero-order valence-corrected chi connectivity index (χ0v) is 13.0. The van der Waals surface area contributed by atoms with Crippen molar-refractivity contribution >= 4 is 17.3 Å². The minimum Gasteiger partial charge on any atom is -0.474 e. The molecule has 0 aromatic heterocycles. The van der Waals surface area contributed by atoms with Crippen LogP contribution in [0.25, 0.3) is 0 Å². The fraction of sp³-hybridized carbons (Fsp3) is 0.188. The van der Waals surface area contributed by atoms with Crippen LogP contribution in [0.1, 0.15) is 6.92 Å². The minimum absolute atomic E-state index is 0.107. The summed E-state index contributed by atoms with van der Waals surface area (Å²) in [4.78, 5) is 22.5. The van der Waals surface area contributed by atoms with Gasteiger partial charge >= 0.3 is 5.69 Å². The average Bonchev–Trinajstić information content (AvgIpc) is 3.02. The molecular formula is C16H13FN2O6. The molecule has 0 spiro atoms. The number of carbonyl (C=O) groups is 1. The predicted molar refractivity (Wildman–Crippen MR) is 84.3 cm³/mol. The van der Waals surface area contributed by atoms with Crippen LogP contribution in [-0.4, -0.2) is 23.7 Å². The number of nitrogens with zero attached hydrogens (tertiary/aromatic N) is 1. The van der Waals surface area contributed by atoms with Crippen molar-refractivity contribution in [3.8, 4) is 17.2 Å². The molecule has 1 heterocycles. The Morgan fingerprint density at radius 2 is 2.04 bits per heavy atom. The SMILES string of the molecule is C[C@@H](Oc1cc(F)ccc1[N+](=O)[O-])C(=O)Nc1ccc2c(c1)OCO2. The summed E-state index contributed by atoms with van der Waals surface area (Å²) in [5, 5.41) is 13.6. The number of anilines is 1. The lowest BCUT2D eigenvalue weighted by molar-refractivity contribution is -0.386. The summed E-state index contributed by atoms with van der Waals surface area (Å²) in [6.07, 6.45) is -1.09. The summed E-state index contributed by atoms with van der Waals surface area (Å²) in [6, 6.07) is 7.62. The van der Waals surface area contributed by atoms with E-state index in [-0.39, 0.29) is 12.5 Å². The molecule has 0 fully saturated rings. The number of hydrogen-bond acceptors (Lipinski definition) is 6. The number of halogens is 1. The second-order valence-corrected chi connectivity index (χ2v) is 5.19. The number of hydrogen-bond donors (Lipinski definition) is 1. The zero-order valence-electron chi connectivity index (χ0n) is 13.0. The molecule has 0 bridgehead atoms. The van der Waals surface area contributed by atoms with Gasteiger partial charge in [0.25, 0.3) is 5.91 Å². The van der Waals surface area contributed by atoms with Crippen molar-refractivity contribution in [2.75, 3.05) is 12.1 Å². The number of nitro groups is 1. The summed E-state index contributed by atoms with van der Waals surface area (Å²) < 4.78 is 29.0. The van der Waals surface area contributed by atoms with Crippen LogP contribution in [-0.2, 0) is 4.79 Å². The Morgan fingerprint density at radius 3 is 2.80 bits per heavy atom. The highest BCUT2D eigenvalue weighted by atomic mass is 19.1. The van der Waals surface area contributed by atoms with Crippen molar-refractivity contribution < 1.29 is 28.3 Å². The molecule has 9 heteroatoms. The first-order chi connectivity index (χ1) is 11.9. The molecule has 8 nitrogen and oxygen atoms in total. The molecule has 0 saturated carbocycles. The van der Waals surface area contributed by atoms with Gasteiger partial charge in [0.15, 0.2) is 17.6 Å². The maximum Gasteiger partial charge on any atom is 0.311 e. The van der Waals surface area contributed by atoms with Gasteiger partial charge < -0.3 is 19.5 Å². The molecular weight excluding hydrogens is 335 g/mol. The van der Waals surface area contributed by atoms with Crippen LogP contribution in [0.3, 0.4) is 0 Å². The average molecular weight is 348 g/mol. The number of ether oxygens (including phenoxy) is 3. The fourth-order valence-electron chi connectivity index (χ4n) is 2.20. The van der Waals surface area contributed by atoms with E-state index in [2.05, 4.69) is 5.32 Å². The van der Waals surface area contributed by atoms with E-state index in [0.717, 1.165) is 18.2 Å². The fourth-order valence-corrected chi connectivity index (χ4v) is 2.20. The number of carbonyl (C=O) groups excluding carboxylic acids is 1. The van der Waals surface area contributed by atoms with E-state index in [0.29, 0.717) is 17.2 Å². The number of rotatable bonds is 5. The second-order valence-electron chi connectivity index (χ2n) is 5.19. The van der Waals surface area contributed by atoms with E-state index in [9.17, 15) is 19.3 Å². The van der Waals surface area contributed by atoms with Crippen LogP contribution < -0.4 is 19.5 Å². The van der Waals surface area contributed by atoms with Gasteiger partial charge in [-0.3, -0.25) is 14.9 Å². The summed E-state index contributed by atoms with van der Waals surface area (Å²) in [7, 11) is 0. The molecule has 1 aliphatic rings. The Bertz CT molecular complexity index is 841. The Hall–Kier alpha value is -3.36. The molecule has 1 amide bonds. The van der Waals surface area contributed by atoms with Gasteiger partial charge in [0.2, 0.25) is 12.5 Å². The summed E-state index contributed by atoms with van der Waals surface area (Å²) in [6.45, 7) is 1.51. The van der Waals surface area contributed by atoms with Crippen molar-refractivity contribution in [3.63, 3.8) is 0 Å². The topological polar surface area (TPSA) is 99.9 Å². The third kappa shape index (κ3) is 3.60. The molecule has 3 rings (SSSR count). The quantitative estimate of drug-likeness (QED) is 0.659. The van der Waals surface area contributed by atoms with Crippen molar-refractivity contribution in [3.05, 3.63) is 52.3 Å². The molecule has 0 unspecified atom stereocenters. The Kier molecular flexibility index (Phi) is 4.38. The van der Waals surface area contributed by atoms with Crippen molar-refractivity contribution in [2.45, 2.75) is 13.0 Å². The smallest absolute Gasteiger partial charge is 0.311 e. The van der Waals surface area contributed by atoms with Gasteiger partial charge in [-0.15, -0.1) is 0 Å². The molecule has 1 N–H and O–H groups in total. The van der Waals surface area contributed by atoms with E-state index in [1.807, 2.05) is 0 Å². The van der Waals surface area contributed by atoms with Gasteiger partial charge in [0.1, 0.15) is 5.82 Å². The van der Waals surface area contributed by atoms with E-state index in [4.69, 9.17) is 14.2 Å². The largest absolute Gasteiger partial charge is 0.474 e. The van der Waals surface area contributed by atoms with Crippen LogP contribution in [0.2, 0.25) is 0 Å². The van der Waals surface area contributed by atoms with E-state index >= 15 is 0 Å². The van der Waals surface area contributed by atoms with Crippen molar-refractivity contribution in [2.24, 2.45) is 0 Å². The van der Waals surface area contributed by atoms with Gasteiger partial charge in [0.05, 0.1) is 4.92 Å². The lowest BCUT2D eigenvalue weighted by atomic mass is 10.2. The monoisotopic (exact) mass is 348 g/mol. The number of nitro benzene ring substituents is 1. The summed E-state index contributed by atoms with van der Waals surface area (Å²) in [5.41, 5.74) is 0.0163. The van der Waals surface area contributed by atoms with Gasteiger partial charge in [-0.05, 0) is 25.1 Å². The maximum atomic E-state index is 13.3. The van der Waals surface area contributed by atoms with Gasteiger partial charge in [-0.1, -0.05) is 0 Å². The minimum atomic E-state index is -1.09. The normalized spacial score (nSPS) is 13.2. The van der Waals surface area contributed by atoms with Crippen LogP contribution >= 0.6 is 0 Å².